The lowest BCUT2D eigenvalue weighted by atomic mass is 9.34. The molecule has 6 aliphatic carbocycles. The Balaban J connectivity index is 1.34. The van der Waals surface area contributed by atoms with Crippen molar-refractivity contribution in [3.8, 4) is 6.07 Å². The van der Waals surface area contributed by atoms with Crippen molar-refractivity contribution in [1.29, 1.82) is 5.26 Å². The normalized spacial score (nSPS) is 41.4. The van der Waals surface area contributed by atoms with E-state index in [2.05, 4.69) is 45.9 Å². The number of hydrogen-bond donors (Lipinski definition) is 1. The molecule has 0 bridgehead atoms. The van der Waals surface area contributed by atoms with Crippen LogP contribution >= 0.6 is 0 Å². The number of carbonyl (C=O) groups is 3. The van der Waals surface area contributed by atoms with E-state index >= 15 is 0 Å². The molecule has 0 radical (unpaired) electrons. The van der Waals surface area contributed by atoms with Crippen molar-refractivity contribution in [2.75, 3.05) is 0 Å². The number of carbonyl (C=O) groups excluding carboxylic acids is 3. The van der Waals surface area contributed by atoms with Gasteiger partial charge in [-0.05, 0) is 84.9 Å². The monoisotopic (exact) mass is 654 g/mol. The summed E-state index contributed by atoms with van der Waals surface area (Å²) in [6, 6.07) is 2.22. The Kier molecular flexibility index (Phi) is 9.33. The van der Waals surface area contributed by atoms with Gasteiger partial charge in [-0.1, -0.05) is 124 Å². The second kappa shape index (κ2) is 12.6. The summed E-state index contributed by atoms with van der Waals surface area (Å²) in [4.78, 5) is 43.0. The lowest BCUT2D eigenvalue weighted by Crippen LogP contribution is -2.66. The van der Waals surface area contributed by atoms with Gasteiger partial charge >= 0.3 is 0 Å². The molecule has 262 valence electrons. The Morgan fingerprint density at radius 1 is 0.833 bits per heavy atom. The molecule has 4 saturated carbocycles. The van der Waals surface area contributed by atoms with E-state index in [1.807, 2.05) is 26.0 Å². The molecule has 0 aliphatic heterocycles. The second-order valence-electron chi connectivity index (χ2n) is 19.4. The summed E-state index contributed by atoms with van der Waals surface area (Å²) in [5, 5.41) is 13.6. The standard InChI is InChI=1S/C42H63BN2O3/c1-37(2)20-22-42(36(48)45-43-29-16-14-12-10-8-9-11-13-15-17-29)23-21-41(7)34(30(42)26-37)31(46)24-33-39(5)25-28(27-44)35(47)38(3,4)32(39)18-19-40(33,41)6/h24-25,29-30,32,34,43H,8-23,26H2,1-7H3,(H,45,48)/t30-,32-,34-,39-,40+,41+,42?/m0/s1. The molecule has 6 rings (SSSR count). The lowest BCUT2D eigenvalue weighted by molar-refractivity contribution is -0.177. The van der Waals surface area contributed by atoms with E-state index in [0.717, 1.165) is 57.9 Å². The second-order valence-corrected chi connectivity index (χ2v) is 19.4. The van der Waals surface area contributed by atoms with Crippen LogP contribution in [0.3, 0.4) is 0 Å². The van der Waals surface area contributed by atoms with Gasteiger partial charge in [-0.25, -0.2) is 0 Å². The van der Waals surface area contributed by atoms with Crippen LogP contribution in [0.15, 0.2) is 23.3 Å². The van der Waals surface area contributed by atoms with Crippen LogP contribution in [-0.4, -0.2) is 24.9 Å². The predicted molar refractivity (Wildman–Crippen MR) is 194 cm³/mol. The van der Waals surface area contributed by atoms with Crippen LogP contribution in [-0.2, 0) is 14.4 Å². The number of rotatable bonds is 3. The maximum absolute atomic E-state index is 14.9. The molecular weight excluding hydrogens is 591 g/mol. The Bertz CT molecular complexity index is 1420. The summed E-state index contributed by atoms with van der Waals surface area (Å²) in [7, 11) is 0.774. The summed E-state index contributed by atoms with van der Waals surface area (Å²) in [6.45, 7) is 15.6. The molecule has 48 heavy (non-hydrogen) atoms. The fourth-order valence-electron chi connectivity index (χ4n) is 12.7. The first-order valence-electron chi connectivity index (χ1n) is 19.8. The minimum absolute atomic E-state index is 0.00907. The van der Waals surface area contributed by atoms with Gasteiger partial charge < -0.3 is 5.23 Å². The van der Waals surface area contributed by atoms with Crippen LogP contribution in [0.1, 0.15) is 158 Å². The molecule has 6 aliphatic rings. The van der Waals surface area contributed by atoms with E-state index in [0.29, 0.717) is 5.82 Å². The fourth-order valence-corrected chi connectivity index (χ4v) is 12.7. The van der Waals surface area contributed by atoms with Gasteiger partial charge in [0, 0.05) is 16.7 Å². The van der Waals surface area contributed by atoms with Crippen LogP contribution < -0.4 is 5.23 Å². The van der Waals surface area contributed by atoms with Crippen molar-refractivity contribution in [3.05, 3.63) is 23.3 Å². The average Bonchev–Trinajstić information content (AvgIpc) is 3.08. The van der Waals surface area contributed by atoms with Crippen LogP contribution in [0.2, 0.25) is 5.82 Å². The predicted octanol–water partition coefficient (Wildman–Crippen LogP) is 9.38. The van der Waals surface area contributed by atoms with Crippen LogP contribution in [0.4, 0.5) is 0 Å². The quantitative estimate of drug-likeness (QED) is 0.307. The topological polar surface area (TPSA) is 87.0 Å². The van der Waals surface area contributed by atoms with Crippen molar-refractivity contribution in [2.24, 2.45) is 50.2 Å². The highest BCUT2D eigenvalue weighted by atomic mass is 16.2. The summed E-state index contributed by atoms with van der Waals surface area (Å²) in [5.41, 5.74) is -0.823. The molecule has 0 saturated heterocycles. The van der Waals surface area contributed by atoms with Crippen molar-refractivity contribution < 1.29 is 14.4 Å². The zero-order chi connectivity index (χ0) is 34.8. The molecule has 0 heterocycles. The average molecular weight is 655 g/mol. The number of ketones is 2. The van der Waals surface area contributed by atoms with Gasteiger partial charge in [0.25, 0.3) is 0 Å². The first-order chi connectivity index (χ1) is 22.6. The van der Waals surface area contributed by atoms with Crippen molar-refractivity contribution in [3.63, 3.8) is 0 Å². The number of nitrogens with zero attached hydrogens (tertiary/aromatic N) is 1. The smallest absolute Gasteiger partial charge is 0.239 e. The molecular formula is C42H63BN2O3. The van der Waals surface area contributed by atoms with Gasteiger partial charge in [0.2, 0.25) is 13.3 Å². The van der Waals surface area contributed by atoms with Gasteiger partial charge in [0.1, 0.15) is 6.07 Å². The molecule has 6 heteroatoms. The fraction of sp³-hybridized carbons (Fsp3) is 0.810. The van der Waals surface area contributed by atoms with Gasteiger partial charge in [-0.2, -0.15) is 5.26 Å². The van der Waals surface area contributed by atoms with Gasteiger partial charge in [0.05, 0.1) is 11.0 Å². The molecule has 0 aromatic rings. The highest BCUT2D eigenvalue weighted by molar-refractivity contribution is 6.39. The zero-order valence-corrected chi connectivity index (χ0v) is 31.4. The molecule has 4 fully saturated rings. The molecule has 1 amide bonds. The lowest BCUT2D eigenvalue weighted by Gasteiger charge is -2.69. The molecule has 0 aromatic heterocycles. The Labute approximate surface area is 292 Å². The van der Waals surface area contributed by atoms with Gasteiger partial charge in [-0.15, -0.1) is 0 Å². The Morgan fingerprint density at radius 2 is 1.44 bits per heavy atom. The van der Waals surface area contributed by atoms with E-state index in [1.54, 1.807) is 0 Å². The number of allylic oxidation sites excluding steroid dienone is 4. The number of Topliss-reactive ketones (excluding diaryl/α,β-unsaturated/α-hetero) is 1. The highest BCUT2D eigenvalue weighted by Gasteiger charge is 2.70. The zero-order valence-electron chi connectivity index (χ0n) is 31.4. The largest absolute Gasteiger partial charge is 0.402 e. The first kappa shape index (κ1) is 35.7. The Morgan fingerprint density at radius 3 is 2.06 bits per heavy atom. The maximum atomic E-state index is 14.9. The number of nitrogens with one attached hydrogen (secondary N) is 1. The first-order valence-corrected chi connectivity index (χ1v) is 19.8. The van der Waals surface area contributed by atoms with E-state index in [1.165, 1.54) is 64.2 Å². The Hall–Kier alpha value is -2.16. The van der Waals surface area contributed by atoms with Gasteiger partial charge in [0.15, 0.2) is 11.6 Å². The van der Waals surface area contributed by atoms with E-state index < -0.39 is 16.2 Å². The van der Waals surface area contributed by atoms with Crippen molar-refractivity contribution in [1.82, 2.24) is 5.23 Å². The van der Waals surface area contributed by atoms with Gasteiger partial charge in [-0.3, -0.25) is 14.4 Å². The number of hydrogen-bond acceptors (Lipinski definition) is 4. The third-order valence-electron chi connectivity index (χ3n) is 15.8. The number of amides is 1. The molecule has 1 unspecified atom stereocenters. The van der Waals surface area contributed by atoms with Crippen LogP contribution in [0.5, 0.6) is 0 Å². The summed E-state index contributed by atoms with van der Waals surface area (Å²) >= 11 is 0. The molecule has 5 nitrogen and oxygen atoms in total. The van der Waals surface area contributed by atoms with E-state index in [9.17, 15) is 19.6 Å². The molecule has 7 atom stereocenters. The minimum atomic E-state index is -0.668. The van der Waals surface area contributed by atoms with Crippen molar-refractivity contribution >= 4 is 24.9 Å². The summed E-state index contributed by atoms with van der Waals surface area (Å²) in [6.07, 6.45) is 23.1. The summed E-state index contributed by atoms with van der Waals surface area (Å²) < 4.78 is 0. The number of nitriles is 1. The maximum Gasteiger partial charge on any atom is 0.239 e. The number of fused-ring (bicyclic) bond motifs is 7. The van der Waals surface area contributed by atoms with E-state index in [4.69, 9.17) is 0 Å². The molecule has 0 aromatic carbocycles. The van der Waals surface area contributed by atoms with Crippen LogP contribution in [0, 0.1) is 61.6 Å². The molecule has 0 spiro atoms. The van der Waals surface area contributed by atoms with Crippen molar-refractivity contribution in [2.45, 2.75) is 163 Å². The molecule has 1 N–H and O–H groups in total. The highest BCUT2D eigenvalue weighted by Crippen LogP contribution is 2.74. The summed E-state index contributed by atoms with van der Waals surface area (Å²) in [5.74, 6) is 0.714. The third kappa shape index (κ3) is 5.51. The minimum Gasteiger partial charge on any atom is -0.402 e. The van der Waals surface area contributed by atoms with Crippen LogP contribution in [0.25, 0.3) is 0 Å². The SMILES string of the molecule is CC1(C)CCC2(C(=O)NBC3CCCCCCCCCC3)CC[C@]3(C)[C@H](C(=O)C=C4[C@@]5(C)C=C(C#N)C(=O)C(C)(C)[C@@H]5CC[C@]43C)[C@@H]2C1. The van der Waals surface area contributed by atoms with E-state index in [-0.39, 0.29) is 57.0 Å². The third-order valence-corrected chi connectivity index (χ3v) is 15.8.